The van der Waals surface area contributed by atoms with E-state index >= 15 is 0 Å². The topological polar surface area (TPSA) is 50.2 Å². The fourth-order valence-electron chi connectivity index (χ4n) is 0.823. The highest BCUT2D eigenvalue weighted by atomic mass is 16.2. The summed E-state index contributed by atoms with van der Waals surface area (Å²) >= 11 is 0. The van der Waals surface area contributed by atoms with Crippen molar-refractivity contribution >= 4 is 6.29 Å². The largest absolute Gasteiger partial charge is 0.400 e. The lowest BCUT2D eigenvalue weighted by Gasteiger charge is -1.96. The van der Waals surface area contributed by atoms with E-state index in [1.54, 1.807) is 18.3 Å². The van der Waals surface area contributed by atoms with Gasteiger partial charge in [-0.2, -0.15) is 0 Å². The summed E-state index contributed by atoms with van der Waals surface area (Å²) in [5.74, 6) is 2.41. The van der Waals surface area contributed by atoms with E-state index in [1.165, 1.54) is 0 Å². The van der Waals surface area contributed by atoms with Gasteiger partial charge in [0.25, 0.3) is 0 Å². The number of carbonyl (C=O) groups is 1. The highest BCUT2D eigenvalue weighted by Crippen LogP contribution is 2.02. The van der Waals surface area contributed by atoms with Crippen molar-refractivity contribution in [2.45, 2.75) is 6.42 Å². The molecule has 0 atom stereocenters. The molecule has 0 unspecified atom stereocenters. The third kappa shape index (κ3) is 3.50. The second kappa shape index (κ2) is 7.01. The van der Waals surface area contributed by atoms with Crippen LogP contribution >= 0.6 is 0 Å². The molecule has 1 heterocycles. The molecule has 1 aromatic rings. The Morgan fingerprint density at radius 2 is 2.38 bits per heavy atom. The highest BCUT2D eigenvalue weighted by Gasteiger charge is 1.97. The average Bonchev–Trinajstić information content (AvgIpc) is 2.22. The molecule has 0 amide bonds. The maximum Gasteiger partial charge on any atom is 0.124 e. The van der Waals surface area contributed by atoms with Gasteiger partial charge in [-0.15, -0.1) is 6.42 Å². The van der Waals surface area contributed by atoms with Crippen LogP contribution in [0.25, 0.3) is 0 Å². The van der Waals surface area contributed by atoms with E-state index in [2.05, 4.69) is 10.9 Å². The number of terminal acetylenes is 1. The zero-order valence-corrected chi connectivity index (χ0v) is 7.40. The smallest absolute Gasteiger partial charge is 0.124 e. The van der Waals surface area contributed by atoms with Gasteiger partial charge in [0.15, 0.2) is 0 Å². The van der Waals surface area contributed by atoms with Crippen molar-refractivity contribution < 1.29 is 9.90 Å². The van der Waals surface area contributed by atoms with E-state index in [1.807, 2.05) is 0 Å². The number of carbonyl (C=O) groups excluding carboxylic acids is 1. The third-order valence-electron chi connectivity index (χ3n) is 1.33. The number of nitrogens with zero attached hydrogens (tertiary/aromatic N) is 1. The molecule has 3 heteroatoms. The van der Waals surface area contributed by atoms with Crippen molar-refractivity contribution in [3.63, 3.8) is 0 Å². The summed E-state index contributed by atoms with van der Waals surface area (Å²) < 4.78 is 0. The van der Waals surface area contributed by atoms with Gasteiger partial charge in [0.05, 0.1) is 0 Å². The van der Waals surface area contributed by atoms with E-state index in [4.69, 9.17) is 11.5 Å². The molecule has 0 spiro atoms. The second-order valence-corrected chi connectivity index (χ2v) is 2.03. The van der Waals surface area contributed by atoms with Crippen LogP contribution in [0.1, 0.15) is 11.3 Å². The normalized spacial score (nSPS) is 7.77. The summed E-state index contributed by atoms with van der Waals surface area (Å²) in [5.41, 5.74) is 1.37. The van der Waals surface area contributed by atoms with E-state index in [9.17, 15) is 4.79 Å². The first kappa shape index (κ1) is 11.3. The van der Waals surface area contributed by atoms with Gasteiger partial charge in [-0.05, 0) is 17.6 Å². The summed E-state index contributed by atoms with van der Waals surface area (Å²) in [6.45, 7) is 0. The highest BCUT2D eigenvalue weighted by molar-refractivity contribution is 5.56. The molecule has 0 bridgehead atoms. The van der Waals surface area contributed by atoms with Gasteiger partial charge in [0.1, 0.15) is 12.0 Å². The van der Waals surface area contributed by atoms with Crippen LogP contribution in [0.15, 0.2) is 18.3 Å². The summed E-state index contributed by atoms with van der Waals surface area (Å²) in [5, 5.41) is 7.00. The number of aliphatic hydroxyl groups is 1. The lowest BCUT2D eigenvalue weighted by Crippen LogP contribution is -1.93. The Balaban J connectivity index is 0.000000671. The first-order chi connectivity index (χ1) is 6.38. The number of pyridine rings is 1. The Kier molecular flexibility index (Phi) is 6.12. The number of aliphatic hydroxyl groups excluding tert-OH is 1. The minimum atomic E-state index is 0.341. The molecular weight excluding hydrogens is 166 g/mol. The quantitative estimate of drug-likeness (QED) is 0.526. The van der Waals surface area contributed by atoms with Crippen LogP contribution in [0.3, 0.4) is 0 Å². The summed E-state index contributed by atoms with van der Waals surface area (Å²) in [6.07, 6.45) is 7.93. The first-order valence-electron chi connectivity index (χ1n) is 3.67. The molecule has 68 valence electrons. The lowest BCUT2D eigenvalue weighted by molar-refractivity contribution is -0.107. The number of aldehydes is 1. The van der Waals surface area contributed by atoms with Gasteiger partial charge in [-0.3, -0.25) is 0 Å². The van der Waals surface area contributed by atoms with Crippen LogP contribution in [0, 0.1) is 12.3 Å². The van der Waals surface area contributed by atoms with E-state index in [0.29, 0.717) is 12.1 Å². The first-order valence-corrected chi connectivity index (χ1v) is 3.67. The van der Waals surface area contributed by atoms with Gasteiger partial charge in [-0.25, -0.2) is 4.98 Å². The molecule has 0 fully saturated rings. The van der Waals surface area contributed by atoms with Crippen LogP contribution in [0.5, 0.6) is 0 Å². The molecule has 1 aromatic heterocycles. The summed E-state index contributed by atoms with van der Waals surface area (Å²) in [4.78, 5) is 14.1. The van der Waals surface area contributed by atoms with E-state index in [0.717, 1.165) is 19.0 Å². The number of hydrogen-bond acceptors (Lipinski definition) is 3. The van der Waals surface area contributed by atoms with Crippen LogP contribution in [0.4, 0.5) is 0 Å². The third-order valence-corrected chi connectivity index (χ3v) is 1.33. The summed E-state index contributed by atoms with van der Waals surface area (Å²) in [6, 6.07) is 3.57. The van der Waals surface area contributed by atoms with Crippen LogP contribution < -0.4 is 0 Å². The Labute approximate surface area is 77.4 Å². The van der Waals surface area contributed by atoms with Crippen molar-refractivity contribution in [1.29, 1.82) is 0 Å². The monoisotopic (exact) mass is 177 g/mol. The molecule has 13 heavy (non-hydrogen) atoms. The molecule has 0 saturated heterocycles. The van der Waals surface area contributed by atoms with E-state index < -0.39 is 0 Å². The van der Waals surface area contributed by atoms with Gasteiger partial charge in [0, 0.05) is 19.7 Å². The van der Waals surface area contributed by atoms with Crippen molar-refractivity contribution in [3.05, 3.63) is 29.6 Å². The minimum Gasteiger partial charge on any atom is -0.400 e. The van der Waals surface area contributed by atoms with Crippen LogP contribution in [-0.4, -0.2) is 23.5 Å². The standard InChI is InChI=1S/C9H7NO.CH4O/c1-2-9-8(5-7-11)4-3-6-10-9;1-2/h1,3-4,6-7H,5H2;2H,1H3. The zero-order valence-electron chi connectivity index (χ0n) is 7.40. The lowest BCUT2D eigenvalue weighted by atomic mass is 10.1. The van der Waals surface area contributed by atoms with Crippen molar-refractivity contribution in [2.24, 2.45) is 0 Å². The van der Waals surface area contributed by atoms with Crippen molar-refractivity contribution in [1.82, 2.24) is 4.98 Å². The Morgan fingerprint density at radius 3 is 2.92 bits per heavy atom. The van der Waals surface area contributed by atoms with Gasteiger partial charge >= 0.3 is 0 Å². The molecule has 0 aliphatic carbocycles. The minimum absolute atomic E-state index is 0.341. The Morgan fingerprint density at radius 1 is 1.69 bits per heavy atom. The number of hydrogen-bond donors (Lipinski definition) is 1. The fraction of sp³-hybridized carbons (Fsp3) is 0.200. The molecule has 3 nitrogen and oxygen atoms in total. The average molecular weight is 177 g/mol. The fourth-order valence-corrected chi connectivity index (χ4v) is 0.823. The number of rotatable bonds is 2. The van der Waals surface area contributed by atoms with Crippen molar-refractivity contribution in [2.75, 3.05) is 7.11 Å². The van der Waals surface area contributed by atoms with Crippen molar-refractivity contribution in [3.8, 4) is 12.3 Å². The van der Waals surface area contributed by atoms with Crippen LogP contribution in [0.2, 0.25) is 0 Å². The van der Waals surface area contributed by atoms with E-state index in [-0.39, 0.29) is 0 Å². The molecule has 1 rings (SSSR count). The van der Waals surface area contributed by atoms with Gasteiger partial charge in [-0.1, -0.05) is 6.07 Å². The molecule has 0 radical (unpaired) electrons. The maximum absolute atomic E-state index is 10.1. The SMILES string of the molecule is C#Cc1ncccc1CC=O.CO. The van der Waals surface area contributed by atoms with Gasteiger partial charge < -0.3 is 9.90 Å². The maximum atomic E-state index is 10.1. The molecule has 0 saturated carbocycles. The predicted molar refractivity (Wildman–Crippen MR) is 50.1 cm³/mol. The molecule has 1 N–H and O–H groups in total. The summed E-state index contributed by atoms with van der Waals surface area (Å²) in [7, 11) is 1.00. The Bertz CT molecular complexity index is 302. The molecule has 0 aromatic carbocycles. The predicted octanol–water partition coefficient (Wildman–Crippen LogP) is 0.413. The second-order valence-electron chi connectivity index (χ2n) is 2.03. The zero-order chi connectivity index (χ0) is 10.1. The molecule has 0 aliphatic heterocycles. The van der Waals surface area contributed by atoms with Gasteiger partial charge in [0.2, 0.25) is 0 Å². The van der Waals surface area contributed by atoms with Crippen LogP contribution in [-0.2, 0) is 11.2 Å². The molecule has 0 aliphatic rings. The Hall–Kier alpha value is -1.66. The number of aromatic nitrogens is 1. The molecular formula is C10H11NO2.